The molecule has 1 amide bonds. The zero-order chi connectivity index (χ0) is 13.2. The molecule has 0 radical (unpaired) electrons. The first kappa shape index (κ1) is 12.6. The number of carbonyl (C=O) groups is 1. The van der Waals surface area contributed by atoms with Gasteiger partial charge in [-0.2, -0.15) is 0 Å². The van der Waals surface area contributed by atoms with Crippen LogP contribution in [0.1, 0.15) is 19.4 Å². The van der Waals surface area contributed by atoms with Crippen molar-refractivity contribution in [3.05, 3.63) is 30.1 Å². The molecule has 0 aliphatic heterocycles. The van der Waals surface area contributed by atoms with Gasteiger partial charge in [-0.1, -0.05) is 6.07 Å². The smallest absolute Gasteiger partial charge is 0.239 e. The van der Waals surface area contributed by atoms with E-state index in [4.69, 9.17) is 0 Å². The molecule has 0 fully saturated rings. The average Bonchev–Trinajstić information content (AvgIpc) is 2.83. The number of likely N-dealkylation sites (N-methyl/N-ethyl adjacent to an activating group) is 1. The fourth-order valence-corrected chi connectivity index (χ4v) is 1.61. The largest absolute Gasteiger partial charge is 0.350 e. The molecule has 1 heterocycles. The molecule has 5 heteroatoms. The Morgan fingerprint density at radius 2 is 2.22 bits per heavy atom. The number of benzene rings is 1. The van der Waals surface area contributed by atoms with E-state index >= 15 is 0 Å². The Morgan fingerprint density at radius 3 is 2.94 bits per heavy atom. The zero-order valence-electron chi connectivity index (χ0n) is 10.9. The number of hydrogen-bond acceptors (Lipinski definition) is 3. The topological polar surface area (TPSA) is 69.8 Å². The van der Waals surface area contributed by atoms with E-state index in [1.54, 1.807) is 13.4 Å². The van der Waals surface area contributed by atoms with Crippen LogP contribution >= 0.6 is 0 Å². The average molecular weight is 246 g/mol. The molecule has 0 atom stereocenters. The van der Waals surface area contributed by atoms with E-state index in [0.717, 1.165) is 16.6 Å². The highest BCUT2D eigenvalue weighted by molar-refractivity contribution is 5.85. The molecule has 0 saturated carbocycles. The van der Waals surface area contributed by atoms with Gasteiger partial charge in [0, 0.05) is 6.54 Å². The van der Waals surface area contributed by atoms with E-state index in [-0.39, 0.29) is 5.91 Å². The number of hydrogen-bond donors (Lipinski definition) is 3. The van der Waals surface area contributed by atoms with Crippen LogP contribution in [0.3, 0.4) is 0 Å². The molecule has 0 aliphatic carbocycles. The van der Waals surface area contributed by atoms with E-state index in [2.05, 4.69) is 20.6 Å². The first-order valence-electron chi connectivity index (χ1n) is 5.92. The molecule has 2 aromatic rings. The van der Waals surface area contributed by atoms with Crippen LogP contribution in [-0.2, 0) is 11.3 Å². The van der Waals surface area contributed by atoms with Gasteiger partial charge in [0.15, 0.2) is 0 Å². The Hall–Kier alpha value is -1.88. The number of rotatable bonds is 4. The van der Waals surface area contributed by atoms with E-state index in [0.29, 0.717) is 6.54 Å². The zero-order valence-corrected chi connectivity index (χ0v) is 10.9. The lowest BCUT2D eigenvalue weighted by atomic mass is 10.1. The van der Waals surface area contributed by atoms with Gasteiger partial charge in [0.25, 0.3) is 0 Å². The predicted octanol–water partition coefficient (Wildman–Crippen LogP) is 1.18. The fraction of sp³-hybridized carbons (Fsp3) is 0.385. The van der Waals surface area contributed by atoms with Crippen molar-refractivity contribution >= 4 is 16.9 Å². The van der Waals surface area contributed by atoms with Gasteiger partial charge >= 0.3 is 0 Å². The predicted molar refractivity (Wildman–Crippen MR) is 71.1 cm³/mol. The van der Waals surface area contributed by atoms with Gasteiger partial charge in [-0.05, 0) is 38.6 Å². The van der Waals surface area contributed by atoms with Crippen molar-refractivity contribution in [1.29, 1.82) is 0 Å². The van der Waals surface area contributed by atoms with Crippen molar-refractivity contribution in [1.82, 2.24) is 20.6 Å². The van der Waals surface area contributed by atoms with Gasteiger partial charge in [-0.15, -0.1) is 0 Å². The van der Waals surface area contributed by atoms with Crippen molar-refractivity contribution in [2.45, 2.75) is 25.9 Å². The van der Waals surface area contributed by atoms with Crippen LogP contribution in [0.25, 0.3) is 11.0 Å². The van der Waals surface area contributed by atoms with Crippen LogP contribution in [0, 0.1) is 0 Å². The van der Waals surface area contributed by atoms with Crippen molar-refractivity contribution < 1.29 is 4.79 Å². The molecular weight excluding hydrogens is 228 g/mol. The third-order valence-electron chi connectivity index (χ3n) is 3.13. The highest BCUT2D eigenvalue weighted by Gasteiger charge is 2.24. The van der Waals surface area contributed by atoms with Crippen molar-refractivity contribution in [3.63, 3.8) is 0 Å². The molecule has 1 aromatic heterocycles. The van der Waals surface area contributed by atoms with Crippen molar-refractivity contribution in [2.24, 2.45) is 0 Å². The molecule has 2 rings (SSSR count). The van der Waals surface area contributed by atoms with Gasteiger partial charge in [-0.3, -0.25) is 4.79 Å². The van der Waals surface area contributed by atoms with Gasteiger partial charge < -0.3 is 15.6 Å². The molecule has 0 aliphatic rings. The highest BCUT2D eigenvalue weighted by atomic mass is 16.2. The molecule has 3 N–H and O–H groups in total. The molecule has 1 aromatic carbocycles. The van der Waals surface area contributed by atoms with Crippen LogP contribution < -0.4 is 10.6 Å². The Balaban J connectivity index is 2.04. The lowest BCUT2D eigenvalue weighted by Crippen LogP contribution is -2.50. The Bertz CT molecular complexity index is 559. The third-order valence-corrected chi connectivity index (χ3v) is 3.13. The SMILES string of the molecule is CNC(C)(C)C(=O)NCc1ccc2nc[nH]c2c1. The van der Waals surface area contributed by atoms with Crippen LogP contribution in [0.15, 0.2) is 24.5 Å². The lowest BCUT2D eigenvalue weighted by molar-refractivity contribution is -0.126. The fourth-order valence-electron chi connectivity index (χ4n) is 1.61. The Kier molecular flexibility index (Phi) is 3.34. The number of nitrogens with one attached hydrogen (secondary N) is 3. The van der Waals surface area contributed by atoms with Crippen LogP contribution in [0.2, 0.25) is 0 Å². The normalized spacial score (nSPS) is 11.7. The molecule has 0 unspecified atom stereocenters. The molecule has 5 nitrogen and oxygen atoms in total. The third kappa shape index (κ3) is 2.51. The number of H-pyrrole nitrogens is 1. The first-order chi connectivity index (χ1) is 8.53. The molecule has 18 heavy (non-hydrogen) atoms. The number of fused-ring (bicyclic) bond motifs is 1. The number of carbonyl (C=O) groups excluding carboxylic acids is 1. The van der Waals surface area contributed by atoms with Crippen LogP contribution in [0.5, 0.6) is 0 Å². The maximum atomic E-state index is 11.9. The van der Waals surface area contributed by atoms with Crippen molar-refractivity contribution in [3.8, 4) is 0 Å². The molecule has 0 saturated heterocycles. The summed E-state index contributed by atoms with van der Waals surface area (Å²) in [6.07, 6.45) is 1.66. The standard InChI is InChI=1S/C13H18N4O/c1-13(2,14-3)12(18)15-7-9-4-5-10-11(6-9)17-8-16-10/h4-6,8,14H,7H2,1-3H3,(H,15,18)(H,16,17). The summed E-state index contributed by atoms with van der Waals surface area (Å²) in [6, 6.07) is 5.90. The number of aromatic nitrogens is 2. The van der Waals surface area contributed by atoms with Gasteiger partial charge in [-0.25, -0.2) is 4.98 Å². The van der Waals surface area contributed by atoms with Gasteiger partial charge in [0.2, 0.25) is 5.91 Å². The monoisotopic (exact) mass is 246 g/mol. The van der Waals surface area contributed by atoms with E-state index in [9.17, 15) is 4.79 Å². The molecule has 0 bridgehead atoms. The first-order valence-corrected chi connectivity index (χ1v) is 5.92. The molecule has 0 spiro atoms. The molecular formula is C13H18N4O. The minimum Gasteiger partial charge on any atom is -0.350 e. The number of nitrogens with zero attached hydrogens (tertiary/aromatic N) is 1. The summed E-state index contributed by atoms with van der Waals surface area (Å²) in [6.45, 7) is 4.21. The summed E-state index contributed by atoms with van der Waals surface area (Å²) >= 11 is 0. The summed E-state index contributed by atoms with van der Waals surface area (Å²) in [5.41, 5.74) is 2.40. The number of imidazole rings is 1. The summed E-state index contributed by atoms with van der Waals surface area (Å²) in [5.74, 6) is -0.0188. The van der Waals surface area contributed by atoms with Crippen LogP contribution in [0.4, 0.5) is 0 Å². The molecule has 96 valence electrons. The quantitative estimate of drug-likeness (QED) is 0.758. The van der Waals surface area contributed by atoms with E-state index < -0.39 is 5.54 Å². The van der Waals surface area contributed by atoms with E-state index in [1.807, 2.05) is 32.0 Å². The van der Waals surface area contributed by atoms with Gasteiger partial charge in [0.05, 0.1) is 22.9 Å². The van der Waals surface area contributed by atoms with E-state index in [1.165, 1.54) is 0 Å². The second kappa shape index (κ2) is 4.78. The number of amides is 1. The van der Waals surface area contributed by atoms with Gasteiger partial charge in [0.1, 0.15) is 0 Å². The maximum Gasteiger partial charge on any atom is 0.239 e. The summed E-state index contributed by atoms with van der Waals surface area (Å²) in [5, 5.41) is 5.89. The maximum absolute atomic E-state index is 11.9. The minimum absolute atomic E-state index is 0.0188. The lowest BCUT2D eigenvalue weighted by Gasteiger charge is -2.22. The van der Waals surface area contributed by atoms with Crippen LogP contribution in [-0.4, -0.2) is 28.5 Å². The second-order valence-corrected chi connectivity index (χ2v) is 4.81. The summed E-state index contributed by atoms with van der Waals surface area (Å²) < 4.78 is 0. The minimum atomic E-state index is -0.557. The summed E-state index contributed by atoms with van der Waals surface area (Å²) in [4.78, 5) is 19.1. The second-order valence-electron chi connectivity index (χ2n) is 4.81. The Morgan fingerprint density at radius 1 is 1.44 bits per heavy atom. The number of aromatic amines is 1. The highest BCUT2D eigenvalue weighted by Crippen LogP contribution is 2.11. The Labute approximate surface area is 106 Å². The summed E-state index contributed by atoms with van der Waals surface area (Å²) in [7, 11) is 1.77. The van der Waals surface area contributed by atoms with Crippen molar-refractivity contribution in [2.75, 3.05) is 7.05 Å².